The summed E-state index contributed by atoms with van der Waals surface area (Å²) in [6.07, 6.45) is -4.56. The SMILES string of the molecule is O=C(CO)Nc1cccc(NS(=O)(=O)c2ccc(C(F)(F)F)cc2)c1. The Morgan fingerprint density at radius 2 is 1.64 bits per heavy atom. The summed E-state index contributed by atoms with van der Waals surface area (Å²) >= 11 is 0. The lowest BCUT2D eigenvalue weighted by Crippen LogP contribution is -2.16. The van der Waals surface area contributed by atoms with Crippen LogP contribution >= 0.6 is 0 Å². The second-order valence-corrected chi connectivity index (χ2v) is 6.60. The molecule has 0 saturated heterocycles. The van der Waals surface area contributed by atoms with Crippen LogP contribution in [0.1, 0.15) is 5.56 Å². The number of amides is 1. The molecule has 2 aromatic carbocycles. The highest BCUT2D eigenvalue weighted by atomic mass is 32.2. The molecule has 0 fully saturated rings. The molecule has 0 atom stereocenters. The highest BCUT2D eigenvalue weighted by Gasteiger charge is 2.30. The van der Waals surface area contributed by atoms with Crippen molar-refractivity contribution in [2.45, 2.75) is 11.1 Å². The molecule has 3 N–H and O–H groups in total. The smallest absolute Gasteiger partial charge is 0.387 e. The predicted octanol–water partition coefficient (Wildman–Crippen LogP) is 2.44. The average molecular weight is 374 g/mol. The van der Waals surface area contributed by atoms with Gasteiger partial charge in [-0.2, -0.15) is 13.2 Å². The van der Waals surface area contributed by atoms with Crippen molar-refractivity contribution in [1.29, 1.82) is 0 Å². The number of aliphatic hydroxyl groups is 1. The Kier molecular flexibility index (Phi) is 5.33. The first-order valence-electron chi connectivity index (χ1n) is 6.83. The van der Waals surface area contributed by atoms with Gasteiger partial charge in [0.1, 0.15) is 6.61 Å². The standard InChI is InChI=1S/C15H13F3N2O4S/c16-15(17,18)10-4-6-13(7-5-10)25(23,24)20-12-3-1-2-11(8-12)19-14(22)9-21/h1-8,20-21H,9H2,(H,19,22). The summed E-state index contributed by atoms with van der Waals surface area (Å²) < 4.78 is 64.2. The first-order chi connectivity index (χ1) is 11.6. The first-order valence-corrected chi connectivity index (χ1v) is 8.31. The lowest BCUT2D eigenvalue weighted by molar-refractivity contribution is -0.137. The van der Waals surface area contributed by atoms with E-state index in [9.17, 15) is 26.4 Å². The fraction of sp³-hybridized carbons (Fsp3) is 0.133. The summed E-state index contributed by atoms with van der Waals surface area (Å²) in [4.78, 5) is 10.8. The number of carbonyl (C=O) groups excluding carboxylic acids is 1. The molecule has 0 aliphatic rings. The molecule has 10 heteroatoms. The van der Waals surface area contributed by atoms with E-state index < -0.39 is 34.3 Å². The third kappa shape index (κ3) is 4.94. The Morgan fingerprint density at radius 1 is 1.04 bits per heavy atom. The molecule has 0 unspecified atom stereocenters. The number of carbonyl (C=O) groups is 1. The van der Waals surface area contributed by atoms with Crippen LogP contribution in [0.4, 0.5) is 24.5 Å². The highest BCUT2D eigenvalue weighted by Crippen LogP contribution is 2.30. The van der Waals surface area contributed by atoms with Gasteiger partial charge >= 0.3 is 6.18 Å². The fourth-order valence-corrected chi connectivity index (χ4v) is 2.95. The molecular weight excluding hydrogens is 361 g/mol. The topological polar surface area (TPSA) is 95.5 Å². The molecule has 0 aromatic heterocycles. The number of halogens is 3. The number of anilines is 2. The van der Waals surface area contributed by atoms with Crippen LogP contribution in [0, 0.1) is 0 Å². The van der Waals surface area contributed by atoms with Crippen molar-refractivity contribution in [3.8, 4) is 0 Å². The lowest BCUT2D eigenvalue weighted by Gasteiger charge is -2.11. The number of sulfonamides is 1. The van der Waals surface area contributed by atoms with Gasteiger partial charge < -0.3 is 10.4 Å². The predicted molar refractivity (Wildman–Crippen MR) is 84.4 cm³/mol. The maximum Gasteiger partial charge on any atom is 0.416 e. The van der Waals surface area contributed by atoms with Crippen LogP contribution in [0.25, 0.3) is 0 Å². The maximum atomic E-state index is 12.5. The van der Waals surface area contributed by atoms with Crippen LogP contribution in [0.2, 0.25) is 0 Å². The van der Waals surface area contributed by atoms with E-state index in [4.69, 9.17) is 5.11 Å². The van der Waals surface area contributed by atoms with Gasteiger partial charge in [0.25, 0.3) is 10.0 Å². The second kappa shape index (κ2) is 7.11. The highest BCUT2D eigenvalue weighted by molar-refractivity contribution is 7.92. The van der Waals surface area contributed by atoms with Crippen LogP contribution in [0.5, 0.6) is 0 Å². The zero-order valence-electron chi connectivity index (χ0n) is 12.5. The van der Waals surface area contributed by atoms with Crippen LogP contribution in [0.15, 0.2) is 53.4 Å². The van der Waals surface area contributed by atoms with Gasteiger partial charge in [-0.3, -0.25) is 9.52 Å². The normalized spacial score (nSPS) is 11.8. The Bertz CT molecular complexity index is 865. The van der Waals surface area contributed by atoms with Crippen LogP contribution in [-0.2, 0) is 21.0 Å². The third-order valence-corrected chi connectivity index (χ3v) is 4.43. The van der Waals surface area contributed by atoms with Crippen molar-refractivity contribution in [2.24, 2.45) is 0 Å². The molecule has 25 heavy (non-hydrogen) atoms. The van der Waals surface area contributed by atoms with Gasteiger partial charge in [0.05, 0.1) is 16.1 Å². The summed E-state index contributed by atoms with van der Waals surface area (Å²) in [5, 5.41) is 11.0. The van der Waals surface area contributed by atoms with Gasteiger partial charge in [0.2, 0.25) is 5.91 Å². The van der Waals surface area contributed by atoms with Crippen LogP contribution < -0.4 is 10.0 Å². The van der Waals surface area contributed by atoms with E-state index in [1.54, 1.807) is 0 Å². The van der Waals surface area contributed by atoms with E-state index in [0.29, 0.717) is 12.1 Å². The molecule has 0 heterocycles. The minimum absolute atomic E-state index is 0.0932. The van der Waals surface area contributed by atoms with Crippen LogP contribution in [-0.4, -0.2) is 26.0 Å². The third-order valence-electron chi connectivity index (χ3n) is 3.03. The fourth-order valence-electron chi connectivity index (χ4n) is 1.90. The largest absolute Gasteiger partial charge is 0.416 e. The molecule has 6 nitrogen and oxygen atoms in total. The number of benzene rings is 2. The zero-order chi connectivity index (χ0) is 18.7. The van der Waals surface area contributed by atoms with E-state index in [1.165, 1.54) is 24.3 Å². The first kappa shape index (κ1) is 18.7. The van der Waals surface area contributed by atoms with E-state index in [1.807, 2.05) is 0 Å². The summed E-state index contributed by atoms with van der Waals surface area (Å²) in [5.41, 5.74) is -0.623. The molecule has 0 aliphatic carbocycles. The van der Waals surface area contributed by atoms with Crippen molar-refractivity contribution >= 4 is 27.3 Å². The second-order valence-electron chi connectivity index (χ2n) is 4.91. The number of nitrogens with one attached hydrogen (secondary N) is 2. The Labute approximate surface area is 141 Å². The molecule has 134 valence electrons. The maximum absolute atomic E-state index is 12.5. The Hall–Kier alpha value is -2.59. The van der Waals surface area contributed by atoms with Gasteiger partial charge in [0.15, 0.2) is 0 Å². The summed E-state index contributed by atoms with van der Waals surface area (Å²) in [7, 11) is -4.11. The number of rotatable bonds is 5. The summed E-state index contributed by atoms with van der Waals surface area (Å²) in [6, 6.07) is 8.68. The van der Waals surface area contributed by atoms with Gasteiger partial charge in [-0.1, -0.05) is 6.07 Å². The van der Waals surface area contributed by atoms with E-state index in [2.05, 4.69) is 10.0 Å². The quantitative estimate of drug-likeness (QED) is 0.749. The Morgan fingerprint density at radius 3 is 2.20 bits per heavy atom. The summed E-state index contributed by atoms with van der Waals surface area (Å²) in [5.74, 6) is -0.678. The van der Waals surface area contributed by atoms with Crippen molar-refractivity contribution in [1.82, 2.24) is 0 Å². The van der Waals surface area contributed by atoms with Crippen molar-refractivity contribution < 1.29 is 31.5 Å². The van der Waals surface area contributed by atoms with Crippen LogP contribution in [0.3, 0.4) is 0 Å². The number of aliphatic hydroxyl groups excluding tert-OH is 1. The van der Waals surface area contributed by atoms with Gasteiger partial charge in [-0.25, -0.2) is 8.42 Å². The molecule has 0 radical (unpaired) electrons. The number of hydrogen-bond acceptors (Lipinski definition) is 4. The van der Waals surface area contributed by atoms with Crippen molar-refractivity contribution in [3.63, 3.8) is 0 Å². The van der Waals surface area contributed by atoms with Crippen molar-refractivity contribution in [2.75, 3.05) is 16.6 Å². The number of hydrogen-bond donors (Lipinski definition) is 3. The van der Waals surface area contributed by atoms with E-state index in [0.717, 1.165) is 12.1 Å². The van der Waals surface area contributed by atoms with Crippen molar-refractivity contribution in [3.05, 3.63) is 54.1 Å². The number of alkyl halides is 3. The van der Waals surface area contributed by atoms with Gasteiger partial charge in [-0.15, -0.1) is 0 Å². The van der Waals surface area contributed by atoms with E-state index >= 15 is 0 Å². The molecule has 2 rings (SSSR count). The minimum atomic E-state index is -4.56. The molecule has 2 aromatic rings. The molecule has 0 bridgehead atoms. The van der Waals surface area contributed by atoms with E-state index in [-0.39, 0.29) is 16.3 Å². The zero-order valence-corrected chi connectivity index (χ0v) is 13.4. The molecule has 0 aliphatic heterocycles. The van der Waals surface area contributed by atoms with Gasteiger partial charge in [-0.05, 0) is 42.5 Å². The molecular formula is C15H13F3N2O4S. The molecule has 0 saturated carbocycles. The monoisotopic (exact) mass is 374 g/mol. The summed E-state index contributed by atoms with van der Waals surface area (Å²) in [6.45, 7) is -0.735. The Balaban J connectivity index is 2.21. The minimum Gasteiger partial charge on any atom is -0.387 e. The molecule has 1 amide bonds. The molecule has 0 spiro atoms. The van der Waals surface area contributed by atoms with Gasteiger partial charge in [0, 0.05) is 5.69 Å². The average Bonchev–Trinajstić information content (AvgIpc) is 2.54. The lowest BCUT2D eigenvalue weighted by atomic mass is 10.2.